The number of aromatic nitrogens is 1. The molecular formula is C29H21ClF2N4O2. The molecule has 0 bridgehead atoms. The van der Waals surface area contributed by atoms with Gasteiger partial charge in [-0.25, -0.2) is 8.78 Å². The summed E-state index contributed by atoms with van der Waals surface area (Å²) in [6.07, 6.45) is 5.25. The standard InChI is InChI=1S/C29H21ClF2N4O2/c1-35-12-10-22(33-25(37)14-16-2-3-17(30)15-21(16)32)20-8-9-24-26-23(34-29(38)27(26)28(20)35)11-13-36(24)19-6-4-18(31)5-7-19/h2-12,15H,13-14H2,1H3,(H,33,37)(H,34,38). The molecule has 0 saturated heterocycles. The van der Waals surface area contributed by atoms with Crippen molar-refractivity contribution in [3.05, 3.63) is 110 Å². The summed E-state index contributed by atoms with van der Waals surface area (Å²) in [5, 5.41) is 4.49. The van der Waals surface area contributed by atoms with E-state index < -0.39 is 11.7 Å². The van der Waals surface area contributed by atoms with Crippen LogP contribution in [-0.4, -0.2) is 24.5 Å². The molecule has 1 aliphatic carbocycles. The Balaban J connectivity index is 1.49. The maximum atomic E-state index is 14.3. The van der Waals surface area contributed by atoms with Gasteiger partial charge >= 0.3 is 0 Å². The fourth-order valence-electron chi connectivity index (χ4n) is 5.05. The highest BCUT2D eigenvalue weighted by Crippen LogP contribution is 2.37. The molecule has 190 valence electrons. The van der Waals surface area contributed by atoms with Crippen molar-refractivity contribution in [1.29, 1.82) is 0 Å². The molecule has 0 fully saturated rings. The number of nitrogens with zero attached hydrogens (tertiary/aromatic N) is 2. The number of nitrogens with one attached hydrogen (secondary N) is 2. The summed E-state index contributed by atoms with van der Waals surface area (Å²) in [6.45, 7) is 0.483. The first-order chi connectivity index (χ1) is 18.3. The van der Waals surface area contributed by atoms with Crippen LogP contribution in [0.25, 0.3) is 22.9 Å². The third-order valence-electron chi connectivity index (χ3n) is 6.81. The molecule has 0 unspecified atom stereocenters. The Hall–Kier alpha value is -4.43. The van der Waals surface area contributed by atoms with E-state index in [9.17, 15) is 18.4 Å². The van der Waals surface area contributed by atoms with E-state index in [0.717, 1.165) is 16.9 Å². The molecule has 4 aliphatic rings. The second-order valence-electron chi connectivity index (χ2n) is 9.19. The summed E-state index contributed by atoms with van der Waals surface area (Å²) >= 11 is 5.83. The quantitative estimate of drug-likeness (QED) is 0.421. The van der Waals surface area contributed by atoms with Crippen molar-refractivity contribution in [3.8, 4) is 11.1 Å². The lowest BCUT2D eigenvalue weighted by Crippen LogP contribution is -2.33. The van der Waals surface area contributed by atoms with Crippen molar-refractivity contribution in [2.24, 2.45) is 0 Å². The monoisotopic (exact) mass is 530 g/mol. The van der Waals surface area contributed by atoms with Crippen LogP contribution in [0.15, 0.2) is 71.7 Å². The van der Waals surface area contributed by atoms with Crippen molar-refractivity contribution < 1.29 is 13.6 Å². The van der Waals surface area contributed by atoms with E-state index in [2.05, 4.69) is 10.3 Å². The number of hydrogen-bond acceptors (Lipinski definition) is 4. The summed E-state index contributed by atoms with van der Waals surface area (Å²) in [4.78, 5) is 33.0. The van der Waals surface area contributed by atoms with Gasteiger partial charge in [0.2, 0.25) is 5.91 Å². The zero-order chi connectivity index (χ0) is 26.6. The van der Waals surface area contributed by atoms with Crippen molar-refractivity contribution in [3.63, 3.8) is 0 Å². The minimum absolute atomic E-state index is 0.181. The van der Waals surface area contributed by atoms with E-state index in [1.807, 2.05) is 35.1 Å². The Kier molecular flexibility index (Phi) is 5.76. The van der Waals surface area contributed by atoms with Crippen molar-refractivity contribution >= 4 is 46.3 Å². The molecule has 0 aromatic heterocycles. The smallest absolute Gasteiger partial charge is 0.258 e. The summed E-state index contributed by atoms with van der Waals surface area (Å²) < 4.78 is 27.9. The predicted molar refractivity (Wildman–Crippen MR) is 145 cm³/mol. The first-order valence-corrected chi connectivity index (χ1v) is 12.3. The Morgan fingerprint density at radius 2 is 1.87 bits per heavy atom. The molecule has 2 aromatic carbocycles. The molecule has 9 heteroatoms. The Bertz CT molecular complexity index is 1800. The Morgan fingerprint density at radius 3 is 2.63 bits per heavy atom. The highest BCUT2D eigenvalue weighted by Gasteiger charge is 2.28. The summed E-state index contributed by atoms with van der Waals surface area (Å²) in [6, 6.07) is 14.1. The van der Waals surface area contributed by atoms with Gasteiger partial charge in [0.05, 0.1) is 29.1 Å². The van der Waals surface area contributed by atoms with Crippen LogP contribution in [0.4, 0.5) is 25.8 Å². The summed E-state index contributed by atoms with van der Waals surface area (Å²) in [5.41, 5.74) is 3.85. The molecule has 0 saturated carbocycles. The average Bonchev–Trinajstić information content (AvgIpc) is 3.09. The lowest BCUT2D eigenvalue weighted by molar-refractivity contribution is -0.119. The number of hydrogen-bond donors (Lipinski definition) is 2. The lowest BCUT2D eigenvalue weighted by atomic mass is 10.0. The predicted octanol–water partition coefficient (Wildman–Crippen LogP) is 3.77. The number of rotatable bonds is 4. The number of benzene rings is 2. The van der Waals surface area contributed by atoms with Crippen LogP contribution in [0.2, 0.25) is 5.02 Å². The van der Waals surface area contributed by atoms with Crippen LogP contribution in [-0.2, 0) is 11.2 Å². The van der Waals surface area contributed by atoms with Crippen LogP contribution < -0.4 is 31.2 Å². The highest BCUT2D eigenvalue weighted by molar-refractivity contribution is 6.30. The second-order valence-corrected chi connectivity index (χ2v) is 9.63. The van der Waals surface area contributed by atoms with E-state index in [4.69, 9.17) is 11.6 Å². The number of fused-ring (bicyclic) bond motifs is 2. The van der Waals surface area contributed by atoms with Gasteiger partial charge in [0.15, 0.2) is 0 Å². The van der Waals surface area contributed by atoms with Crippen LogP contribution in [0.3, 0.4) is 0 Å². The zero-order valence-electron chi connectivity index (χ0n) is 20.2. The van der Waals surface area contributed by atoms with Crippen molar-refractivity contribution in [2.45, 2.75) is 6.42 Å². The Labute approximate surface area is 221 Å². The molecular weight excluding hydrogens is 510 g/mol. The van der Waals surface area contributed by atoms with E-state index in [1.54, 1.807) is 24.4 Å². The van der Waals surface area contributed by atoms with E-state index in [-0.39, 0.29) is 28.4 Å². The number of carbonyl (C=O) groups is 1. The number of anilines is 3. The van der Waals surface area contributed by atoms with E-state index in [0.29, 0.717) is 34.1 Å². The summed E-state index contributed by atoms with van der Waals surface area (Å²) in [5.74, 6) is -1.30. The Morgan fingerprint density at radius 1 is 1.08 bits per heavy atom. The fraction of sp³-hybridized carbons (Fsp3) is 0.103. The van der Waals surface area contributed by atoms with Gasteiger partial charge in [-0.1, -0.05) is 17.7 Å². The first-order valence-electron chi connectivity index (χ1n) is 11.9. The molecule has 0 radical (unpaired) electrons. The second kappa shape index (κ2) is 9.15. The molecule has 6 nitrogen and oxygen atoms in total. The van der Waals surface area contributed by atoms with Crippen molar-refractivity contribution in [2.75, 3.05) is 23.4 Å². The molecule has 0 spiro atoms. The number of carbonyl (C=O) groups excluding carboxylic acids is 1. The van der Waals surface area contributed by atoms with Gasteiger partial charge in [-0.3, -0.25) is 9.59 Å². The van der Waals surface area contributed by atoms with Gasteiger partial charge in [-0.2, -0.15) is 0 Å². The third-order valence-corrected chi connectivity index (χ3v) is 7.04. The van der Waals surface area contributed by atoms with E-state index in [1.165, 1.54) is 30.3 Å². The molecule has 38 heavy (non-hydrogen) atoms. The van der Waals surface area contributed by atoms with Gasteiger partial charge in [0.25, 0.3) is 5.56 Å². The van der Waals surface area contributed by atoms with E-state index >= 15 is 0 Å². The molecule has 0 atom stereocenters. The molecule has 6 rings (SSSR count). The van der Waals surface area contributed by atoms with Gasteiger partial charge in [0.1, 0.15) is 11.6 Å². The maximum absolute atomic E-state index is 14.3. The topological polar surface area (TPSA) is 68.4 Å². The fourth-order valence-corrected chi connectivity index (χ4v) is 5.21. The molecule has 2 N–H and O–H groups in total. The third kappa shape index (κ3) is 4.03. The largest absolute Gasteiger partial charge is 0.350 e. The number of halogens is 3. The van der Waals surface area contributed by atoms with Gasteiger partial charge in [-0.15, -0.1) is 0 Å². The molecule has 3 heterocycles. The zero-order valence-corrected chi connectivity index (χ0v) is 20.9. The number of H-pyrrole nitrogens is 1. The minimum Gasteiger partial charge on any atom is -0.350 e. The summed E-state index contributed by atoms with van der Waals surface area (Å²) in [7, 11) is 1.83. The van der Waals surface area contributed by atoms with Crippen LogP contribution in [0.1, 0.15) is 5.56 Å². The molecule has 2 aromatic rings. The number of amides is 1. The van der Waals surface area contributed by atoms with Crippen molar-refractivity contribution in [1.82, 2.24) is 10.3 Å². The normalized spacial score (nSPS) is 13.9. The first kappa shape index (κ1) is 23.9. The van der Waals surface area contributed by atoms with Gasteiger partial charge < -0.3 is 20.1 Å². The SMILES string of the molecule is CN1C=CC(NC(=O)Cc2ccc(Cl)cc2F)=c2ccc3c4c([nH]c(=O)c-4c21)=CCN3c1ccc(F)cc1. The molecule has 1 amide bonds. The van der Waals surface area contributed by atoms with Gasteiger partial charge in [-0.05, 0) is 66.2 Å². The highest BCUT2D eigenvalue weighted by atomic mass is 35.5. The maximum Gasteiger partial charge on any atom is 0.258 e. The average molecular weight is 531 g/mol. The van der Waals surface area contributed by atoms with Gasteiger partial charge in [0, 0.05) is 46.6 Å². The molecule has 3 aliphatic heterocycles. The minimum atomic E-state index is -0.555. The van der Waals surface area contributed by atoms with Crippen LogP contribution >= 0.6 is 11.6 Å². The number of aromatic amines is 1. The lowest BCUT2D eigenvalue weighted by Gasteiger charge is -2.27. The van der Waals surface area contributed by atoms with Crippen LogP contribution in [0.5, 0.6) is 0 Å². The van der Waals surface area contributed by atoms with Crippen LogP contribution in [0, 0.1) is 11.6 Å².